The SMILES string of the molecule is Cc1ccccc1CN(C)C(=O)CSc1nnc(-c2ccccc2Cl)n1C. The van der Waals surface area contributed by atoms with Gasteiger partial charge in [-0.05, 0) is 30.2 Å². The van der Waals surface area contributed by atoms with Crippen LogP contribution < -0.4 is 0 Å². The summed E-state index contributed by atoms with van der Waals surface area (Å²) in [6, 6.07) is 15.6. The lowest BCUT2D eigenvalue weighted by molar-refractivity contribution is -0.127. The van der Waals surface area contributed by atoms with Crippen molar-refractivity contribution >= 4 is 29.3 Å². The summed E-state index contributed by atoms with van der Waals surface area (Å²) in [7, 11) is 3.70. The maximum atomic E-state index is 12.5. The summed E-state index contributed by atoms with van der Waals surface area (Å²) < 4.78 is 1.86. The smallest absolute Gasteiger partial charge is 0.233 e. The minimum Gasteiger partial charge on any atom is -0.341 e. The number of rotatable bonds is 6. The third-order valence-corrected chi connectivity index (χ3v) is 5.70. The molecule has 0 aliphatic carbocycles. The van der Waals surface area contributed by atoms with Gasteiger partial charge in [-0.15, -0.1) is 10.2 Å². The fraction of sp³-hybridized carbons (Fsp3) is 0.250. The Morgan fingerprint density at radius 3 is 2.59 bits per heavy atom. The zero-order valence-corrected chi connectivity index (χ0v) is 17.1. The molecule has 0 aliphatic heterocycles. The van der Waals surface area contributed by atoms with Crippen LogP contribution in [0.3, 0.4) is 0 Å². The highest BCUT2D eigenvalue weighted by atomic mass is 35.5. The van der Waals surface area contributed by atoms with E-state index in [1.165, 1.54) is 17.3 Å². The Morgan fingerprint density at radius 2 is 1.85 bits per heavy atom. The van der Waals surface area contributed by atoms with E-state index in [0.717, 1.165) is 11.1 Å². The molecule has 1 amide bonds. The number of amides is 1. The van der Waals surface area contributed by atoms with E-state index in [-0.39, 0.29) is 5.91 Å². The van der Waals surface area contributed by atoms with E-state index in [2.05, 4.69) is 23.2 Å². The van der Waals surface area contributed by atoms with Crippen molar-refractivity contribution < 1.29 is 4.79 Å². The Hall–Kier alpha value is -2.31. The minimum absolute atomic E-state index is 0.0468. The largest absolute Gasteiger partial charge is 0.341 e. The van der Waals surface area contributed by atoms with Gasteiger partial charge in [-0.3, -0.25) is 4.79 Å². The Morgan fingerprint density at radius 1 is 1.15 bits per heavy atom. The van der Waals surface area contributed by atoms with Gasteiger partial charge in [-0.25, -0.2) is 0 Å². The molecule has 0 unspecified atom stereocenters. The van der Waals surface area contributed by atoms with E-state index in [4.69, 9.17) is 11.6 Å². The second kappa shape index (κ2) is 8.59. The van der Waals surface area contributed by atoms with Crippen molar-refractivity contribution in [3.8, 4) is 11.4 Å². The predicted molar refractivity (Wildman–Crippen MR) is 110 cm³/mol. The molecule has 0 aliphatic rings. The number of benzene rings is 2. The quantitative estimate of drug-likeness (QED) is 0.582. The summed E-state index contributed by atoms with van der Waals surface area (Å²) >= 11 is 7.62. The van der Waals surface area contributed by atoms with Gasteiger partial charge in [0.15, 0.2) is 11.0 Å². The normalized spacial score (nSPS) is 10.8. The number of thioether (sulfide) groups is 1. The molecule has 140 valence electrons. The third-order valence-electron chi connectivity index (χ3n) is 4.37. The molecule has 0 saturated carbocycles. The highest BCUT2D eigenvalue weighted by molar-refractivity contribution is 7.99. The summed E-state index contributed by atoms with van der Waals surface area (Å²) in [4.78, 5) is 14.2. The fourth-order valence-corrected chi connectivity index (χ4v) is 3.76. The first-order valence-electron chi connectivity index (χ1n) is 8.53. The lowest BCUT2D eigenvalue weighted by Crippen LogP contribution is -2.28. The van der Waals surface area contributed by atoms with Crippen LogP contribution in [0.1, 0.15) is 11.1 Å². The highest BCUT2D eigenvalue weighted by Gasteiger charge is 2.16. The number of hydrogen-bond acceptors (Lipinski definition) is 4. The zero-order valence-electron chi connectivity index (χ0n) is 15.5. The van der Waals surface area contributed by atoms with E-state index in [0.29, 0.717) is 28.3 Å². The van der Waals surface area contributed by atoms with Gasteiger partial charge in [0.25, 0.3) is 0 Å². The number of nitrogens with zero attached hydrogens (tertiary/aromatic N) is 4. The Bertz CT molecular complexity index is 957. The molecule has 5 nitrogen and oxygen atoms in total. The lowest BCUT2D eigenvalue weighted by Gasteiger charge is -2.18. The third kappa shape index (κ3) is 4.51. The van der Waals surface area contributed by atoms with E-state index in [1.54, 1.807) is 4.90 Å². The fourth-order valence-electron chi connectivity index (χ4n) is 2.69. The first kappa shape index (κ1) is 19.5. The first-order chi connectivity index (χ1) is 13.0. The summed E-state index contributed by atoms with van der Waals surface area (Å²) in [5.74, 6) is 1.03. The van der Waals surface area contributed by atoms with Crippen LogP contribution in [0.15, 0.2) is 53.7 Å². The van der Waals surface area contributed by atoms with Crippen molar-refractivity contribution in [3.63, 3.8) is 0 Å². The highest BCUT2D eigenvalue weighted by Crippen LogP contribution is 2.28. The van der Waals surface area contributed by atoms with Gasteiger partial charge in [0.2, 0.25) is 5.91 Å². The summed E-state index contributed by atoms with van der Waals surface area (Å²) in [6.07, 6.45) is 0. The van der Waals surface area contributed by atoms with Gasteiger partial charge in [0.1, 0.15) is 0 Å². The molecule has 1 aromatic heterocycles. The number of aromatic nitrogens is 3. The number of carbonyl (C=O) groups is 1. The lowest BCUT2D eigenvalue weighted by atomic mass is 10.1. The molecule has 0 fully saturated rings. The molecule has 7 heteroatoms. The van der Waals surface area contributed by atoms with Crippen LogP contribution in [-0.4, -0.2) is 38.4 Å². The van der Waals surface area contributed by atoms with E-state index < -0.39 is 0 Å². The van der Waals surface area contributed by atoms with Crippen molar-refractivity contribution in [2.24, 2.45) is 7.05 Å². The van der Waals surface area contributed by atoms with Gasteiger partial charge in [-0.1, -0.05) is 59.8 Å². The van der Waals surface area contributed by atoms with Crippen LogP contribution in [0, 0.1) is 6.92 Å². The van der Waals surface area contributed by atoms with Crippen LogP contribution in [-0.2, 0) is 18.4 Å². The topological polar surface area (TPSA) is 51.0 Å². The molecule has 0 atom stereocenters. The van der Waals surface area contributed by atoms with Crippen molar-refractivity contribution in [2.75, 3.05) is 12.8 Å². The molecule has 27 heavy (non-hydrogen) atoms. The molecule has 0 N–H and O–H groups in total. The van der Waals surface area contributed by atoms with Crippen molar-refractivity contribution in [1.29, 1.82) is 0 Å². The van der Waals surface area contributed by atoms with Gasteiger partial charge < -0.3 is 9.47 Å². The average molecular weight is 401 g/mol. The number of aryl methyl sites for hydroxylation is 1. The second-order valence-corrected chi connectivity index (χ2v) is 7.66. The van der Waals surface area contributed by atoms with Gasteiger partial charge in [0, 0.05) is 26.2 Å². The Balaban J connectivity index is 1.64. The molecule has 0 radical (unpaired) electrons. The monoisotopic (exact) mass is 400 g/mol. The standard InChI is InChI=1S/C20H21ClN4OS/c1-14-8-4-5-9-15(14)12-24(2)18(26)13-27-20-23-22-19(25(20)3)16-10-6-7-11-17(16)21/h4-11H,12-13H2,1-3H3. The zero-order chi connectivity index (χ0) is 19.4. The molecule has 0 bridgehead atoms. The van der Waals surface area contributed by atoms with Crippen LogP contribution in [0.5, 0.6) is 0 Å². The van der Waals surface area contributed by atoms with Crippen LogP contribution >= 0.6 is 23.4 Å². The molecule has 0 spiro atoms. The van der Waals surface area contributed by atoms with Crippen molar-refractivity contribution in [2.45, 2.75) is 18.6 Å². The van der Waals surface area contributed by atoms with E-state index in [1.807, 2.05) is 61.1 Å². The Labute approximate surface area is 168 Å². The second-order valence-electron chi connectivity index (χ2n) is 6.31. The Kier molecular flexibility index (Phi) is 6.19. The predicted octanol–water partition coefficient (Wildman–Crippen LogP) is 4.19. The van der Waals surface area contributed by atoms with Gasteiger partial charge in [-0.2, -0.15) is 0 Å². The van der Waals surface area contributed by atoms with Crippen LogP contribution in [0.25, 0.3) is 11.4 Å². The maximum absolute atomic E-state index is 12.5. The molecule has 3 rings (SSSR count). The minimum atomic E-state index is 0.0468. The van der Waals surface area contributed by atoms with E-state index in [9.17, 15) is 4.79 Å². The molecule has 0 saturated heterocycles. The molecular formula is C20H21ClN4OS. The summed E-state index contributed by atoms with van der Waals surface area (Å²) in [6.45, 7) is 2.65. The van der Waals surface area contributed by atoms with Gasteiger partial charge in [0.05, 0.1) is 10.8 Å². The maximum Gasteiger partial charge on any atom is 0.233 e. The summed E-state index contributed by atoms with van der Waals surface area (Å²) in [5.41, 5.74) is 3.16. The molecule has 2 aromatic carbocycles. The molecular weight excluding hydrogens is 380 g/mol. The van der Waals surface area contributed by atoms with Crippen LogP contribution in [0.2, 0.25) is 5.02 Å². The van der Waals surface area contributed by atoms with Gasteiger partial charge >= 0.3 is 0 Å². The van der Waals surface area contributed by atoms with Crippen molar-refractivity contribution in [3.05, 3.63) is 64.7 Å². The average Bonchev–Trinajstić information content (AvgIpc) is 3.02. The molecule has 3 aromatic rings. The van der Waals surface area contributed by atoms with Crippen molar-refractivity contribution in [1.82, 2.24) is 19.7 Å². The molecule has 1 heterocycles. The van der Waals surface area contributed by atoms with E-state index >= 15 is 0 Å². The first-order valence-corrected chi connectivity index (χ1v) is 9.89. The number of carbonyl (C=O) groups excluding carboxylic acids is 1. The number of hydrogen-bond donors (Lipinski definition) is 0. The van der Waals surface area contributed by atoms with Crippen LogP contribution in [0.4, 0.5) is 0 Å². The summed E-state index contributed by atoms with van der Waals surface area (Å²) in [5, 5.41) is 9.75. The number of halogens is 1.